The van der Waals surface area contributed by atoms with Crippen molar-refractivity contribution in [2.45, 2.75) is 76.4 Å². The molecule has 2 aromatic carbocycles. The first-order chi connectivity index (χ1) is 17.6. The molecule has 2 heterocycles. The van der Waals surface area contributed by atoms with Crippen molar-refractivity contribution < 1.29 is 24.2 Å². The van der Waals surface area contributed by atoms with E-state index in [1.165, 1.54) is 0 Å². The highest BCUT2D eigenvalue weighted by atomic mass is 16.6. The molecule has 2 amide bonds. The summed E-state index contributed by atoms with van der Waals surface area (Å²) in [7, 11) is 3.43. The number of aryl methyl sites for hydroxylation is 1. The molecule has 2 aromatic rings. The number of carbonyl (C=O) groups excluding carboxylic acids is 2. The van der Waals surface area contributed by atoms with Crippen LogP contribution >= 0.6 is 0 Å². The average Bonchev–Trinajstić information content (AvgIpc) is 2.88. The van der Waals surface area contributed by atoms with Crippen molar-refractivity contribution in [2.75, 3.05) is 32.2 Å². The maximum absolute atomic E-state index is 13.6. The molecule has 0 aromatic heterocycles. The Hall–Kier alpha value is -3.06. The Labute approximate surface area is 220 Å². The van der Waals surface area contributed by atoms with E-state index in [2.05, 4.69) is 12.1 Å². The van der Waals surface area contributed by atoms with Crippen LogP contribution in [0.15, 0.2) is 42.5 Å². The number of piperidine rings is 1. The summed E-state index contributed by atoms with van der Waals surface area (Å²) in [5.41, 5.74) is 2.51. The molecule has 0 radical (unpaired) electrons. The van der Waals surface area contributed by atoms with Gasteiger partial charge in [-0.15, -0.1) is 0 Å². The molecule has 7 nitrogen and oxygen atoms in total. The number of methoxy groups -OCH3 is 1. The largest absolute Gasteiger partial charge is 0.496 e. The van der Waals surface area contributed by atoms with Crippen molar-refractivity contribution in [1.82, 2.24) is 4.90 Å². The number of ether oxygens (including phenoxy) is 2. The van der Waals surface area contributed by atoms with E-state index in [9.17, 15) is 14.7 Å². The molecule has 2 atom stereocenters. The van der Waals surface area contributed by atoms with Crippen molar-refractivity contribution in [1.29, 1.82) is 0 Å². The van der Waals surface area contributed by atoms with Crippen molar-refractivity contribution in [3.63, 3.8) is 0 Å². The molecule has 200 valence electrons. The first-order valence-corrected chi connectivity index (χ1v) is 13.2. The number of carbonyl (C=O) groups is 2. The zero-order chi connectivity index (χ0) is 26.8. The predicted octanol–water partition coefficient (Wildman–Crippen LogP) is 5.39. The van der Waals surface area contributed by atoms with E-state index in [1.54, 1.807) is 19.1 Å². The lowest BCUT2D eigenvalue weighted by atomic mass is 9.73. The van der Waals surface area contributed by atoms with Crippen LogP contribution in [0.1, 0.15) is 75.5 Å². The van der Waals surface area contributed by atoms with E-state index in [4.69, 9.17) is 9.47 Å². The number of aliphatic hydroxyl groups is 1. The van der Waals surface area contributed by atoms with Crippen LogP contribution in [-0.4, -0.2) is 54.9 Å². The van der Waals surface area contributed by atoms with Gasteiger partial charge in [-0.05, 0) is 76.1 Å². The van der Waals surface area contributed by atoms with Crippen LogP contribution in [0.2, 0.25) is 0 Å². The topological polar surface area (TPSA) is 79.3 Å². The third-order valence-electron chi connectivity index (χ3n) is 7.68. The number of fused-ring (bicyclic) bond motifs is 1. The van der Waals surface area contributed by atoms with Gasteiger partial charge in [0.2, 0.25) is 5.91 Å². The molecule has 0 bridgehead atoms. The molecule has 0 saturated carbocycles. The highest BCUT2D eigenvalue weighted by Gasteiger charge is 2.46. The number of benzene rings is 2. The first kappa shape index (κ1) is 27.0. The molecule has 0 spiro atoms. The number of hydrogen-bond acceptors (Lipinski definition) is 5. The molecular weight excluding hydrogens is 468 g/mol. The summed E-state index contributed by atoms with van der Waals surface area (Å²) in [6.45, 7) is 6.10. The van der Waals surface area contributed by atoms with Gasteiger partial charge in [0.05, 0.1) is 19.3 Å². The summed E-state index contributed by atoms with van der Waals surface area (Å²) in [6, 6.07) is 14.1. The lowest BCUT2D eigenvalue weighted by molar-refractivity contribution is -0.118. The van der Waals surface area contributed by atoms with Crippen LogP contribution in [0, 0.1) is 0 Å². The van der Waals surface area contributed by atoms with E-state index in [1.807, 2.05) is 56.0 Å². The van der Waals surface area contributed by atoms with Crippen LogP contribution in [0.4, 0.5) is 10.5 Å². The second kappa shape index (κ2) is 10.7. The summed E-state index contributed by atoms with van der Waals surface area (Å²) < 4.78 is 11.7. The summed E-state index contributed by atoms with van der Waals surface area (Å²) in [6.07, 6.45) is 3.92. The quantitative estimate of drug-likeness (QED) is 0.566. The molecule has 0 aliphatic carbocycles. The summed E-state index contributed by atoms with van der Waals surface area (Å²) in [5, 5.41) is 10.8. The number of rotatable bonds is 6. The highest BCUT2D eigenvalue weighted by Crippen LogP contribution is 2.47. The van der Waals surface area contributed by atoms with Gasteiger partial charge in [-0.1, -0.05) is 30.3 Å². The van der Waals surface area contributed by atoms with Gasteiger partial charge < -0.3 is 19.5 Å². The molecule has 2 unspecified atom stereocenters. The van der Waals surface area contributed by atoms with Crippen LogP contribution in [0.25, 0.3) is 0 Å². The fourth-order valence-electron chi connectivity index (χ4n) is 5.86. The molecule has 1 fully saturated rings. The lowest BCUT2D eigenvalue weighted by Crippen LogP contribution is -2.54. The Balaban J connectivity index is 1.81. The summed E-state index contributed by atoms with van der Waals surface area (Å²) in [5.74, 6) is 0.450. The van der Waals surface area contributed by atoms with E-state index >= 15 is 0 Å². The van der Waals surface area contributed by atoms with Crippen molar-refractivity contribution in [2.24, 2.45) is 0 Å². The maximum Gasteiger partial charge on any atom is 0.411 e. The van der Waals surface area contributed by atoms with Gasteiger partial charge in [0.25, 0.3) is 0 Å². The number of hydrogen-bond donors (Lipinski definition) is 1. The van der Waals surface area contributed by atoms with Gasteiger partial charge in [-0.25, -0.2) is 4.79 Å². The van der Waals surface area contributed by atoms with E-state index < -0.39 is 11.1 Å². The second-order valence-electron chi connectivity index (χ2n) is 11.2. The highest BCUT2D eigenvalue weighted by molar-refractivity contribution is 5.96. The number of nitrogens with zero attached hydrogens (tertiary/aromatic N) is 2. The van der Waals surface area contributed by atoms with Crippen LogP contribution < -0.4 is 9.64 Å². The van der Waals surface area contributed by atoms with Crippen LogP contribution in [-0.2, 0) is 21.5 Å². The van der Waals surface area contributed by atoms with Crippen molar-refractivity contribution in [3.05, 3.63) is 59.2 Å². The third kappa shape index (κ3) is 5.47. The standard InChI is InChI=1S/C30H40N2O5/c1-29(2,3)37-28(35)32-16-10-9-15-30(32,23-11-7-6-8-12-23)19-22(20-33)24-18-25-21(17-26(24)36-5)13-14-27(34)31(25)4/h6-8,11-12,17-18,22,33H,9-10,13-16,19-20H2,1-5H3. The van der Waals surface area contributed by atoms with Crippen LogP contribution in [0.3, 0.4) is 0 Å². The van der Waals surface area contributed by atoms with Crippen molar-refractivity contribution >= 4 is 17.7 Å². The number of aliphatic hydroxyl groups excluding tert-OH is 1. The Morgan fingerprint density at radius 1 is 1.14 bits per heavy atom. The van der Waals surface area contributed by atoms with E-state index in [-0.39, 0.29) is 24.5 Å². The number of amides is 2. The molecule has 2 aliphatic rings. The minimum atomic E-state index is -0.655. The number of anilines is 1. The third-order valence-corrected chi connectivity index (χ3v) is 7.68. The fraction of sp³-hybridized carbons (Fsp3) is 0.533. The predicted molar refractivity (Wildman–Crippen MR) is 144 cm³/mol. The normalized spacial score (nSPS) is 20.9. The van der Waals surface area contributed by atoms with Gasteiger partial charge in [0.1, 0.15) is 11.4 Å². The zero-order valence-corrected chi connectivity index (χ0v) is 22.8. The summed E-state index contributed by atoms with van der Waals surface area (Å²) >= 11 is 0. The van der Waals surface area contributed by atoms with E-state index in [0.717, 1.165) is 41.6 Å². The minimum absolute atomic E-state index is 0.0771. The fourth-order valence-corrected chi connectivity index (χ4v) is 5.86. The smallest absolute Gasteiger partial charge is 0.411 e. The maximum atomic E-state index is 13.6. The number of likely N-dealkylation sites (tertiary alicyclic amines) is 1. The Bertz CT molecular complexity index is 1130. The van der Waals surface area contributed by atoms with Gasteiger partial charge in [0.15, 0.2) is 0 Å². The molecule has 1 N–H and O–H groups in total. The minimum Gasteiger partial charge on any atom is -0.496 e. The lowest BCUT2D eigenvalue weighted by Gasteiger charge is -2.49. The second-order valence-corrected chi connectivity index (χ2v) is 11.2. The Morgan fingerprint density at radius 2 is 1.86 bits per heavy atom. The van der Waals surface area contributed by atoms with Gasteiger partial charge in [0, 0.05) is 37.2 Å². The molecule has 7 heteroatoms. The van der Waals surface area contributed by atoms with Crippen molar-refractivity contribution in [3.8, 4) is 5.75 Å². The zero-order valence-electron chi connectivity index (χ0n) is 22.8. The molecular formula is C30H40N2O5. The molecule has 4 rings (SSSR count). The van der Waals surface area contributed by atoms with Gasteiger partial charge >= 0.3 is 6.09 Å². The van der Waals surface area contributed by atoms with Crippen LogP contribution in [0.5, 0.6) is 5.75 Å². The van der Waals surface area contributed by atoms with E-state index in [0.29, 0.717) is 31.6 Å². The molecule has 37 heavy (non-hydrogen) atoms. The monoisotopic (exact) mass is 508 g/mol. The Kier molecular flexibility index (Phi) is 7.83. The Morgan fingerprint density at radius 3 is 2.51 bits per heavy atom. The first-order valence-electron chi connectivity index (χ1n) is 13.2. The molecule has 1 saturated heterocycles. The summed E-state index contributed by atoms with van der Waals surface area (Å²) in [4.78, 5) is 29.6. The van der Waals surface area contributed by atoms with Gasteiger partial charge in [-0.2, -0.15) is 0 Å². The molecule has 2 aliphatic heterocycles. The van der Waals surface area contributed by atoms with Gasteiger partial charge in [-0.3, -0.25) is 9.69 Å². The average molecular weight is 509 g/mol. The SMILES string of the molecule is COc1cc2c(cc1C(CO)CC1(c3ccccc3)CCCCN1C(=O)OC(C)(C)C)N(C)C(=O)CC2.